The Bertz CT molecular complexity index is 1170. The highest BCUT2D eigenvalue weighted by atomic mass is 35.5. The summed E-state index contributed by atoms with van der Waals surface area (Å²) in [7, 11) is 3.26. The van der Waals surface area contributed by atoms with Crippen LogP contribution in [0.1, 0.15) is 45.8 Å². The van der Waals surface area contributed by atoms with E-state index in [9.17, 15) is 18.0 Å². The zero-order valence-corrected chi connectivity index (χ0v) is 18.8. The Morgan fingerprint density at radius 1 is 1.30 bits per heavy atom. The van der Waals surface area contributed by atoms with Gasteiger partial charge in [0.1, 0.15) is 16.6 Å². The summed E-state index contributed by atoms with van der Waals surface area (Å²) in [6, 6.07) is 4.10. The van der Waals surface area contributed by atoms with Gasteiger partial charge in [0, 0.05) is 31.8 Å². The molecule has 3 heterocycles. The van der Waals surface area contributed by atoms with Crippen molar-refractivity contribution < 1.29 is 22.7 Å². The molecule has 1 amide bonds. The van der Waals surface area contributed by atoms with Crippen molar-refractivity contribution in [2.45, 2.75) is 38.1 Å². The highest BCUT2D eigenvalue weighted by molar-refractivity contribution is 6.36. The van der Waals surface area contributed by atoms with E-state index in [0.29, 0.717) is 11.3 Å². The Hall–Kier alpha value is -3.21. The second kappa shape index (κ2) is 8.62. The summed E-state index contributed by atoms with van der Waals surface area (Å²) in [5, 5.41) is 13.6. The predicted octanol–water partition coefficient (Wildman–Crippen LogP) is 4.18. The fraction of sp³-hybridized carbons (Fsp3) is 0.381. The molecule has 2 aromatic heterocycles. The third-order valence-corrected chi connectivity index (χ3v) is 5.94. The summed E-state index contributed by atoms with van der Waals surface area (Å²) in [5.74, 6) is -0.129. The van der Waals surface area contributed by atoms with E-state index >= 15 is 0 Å². The molecule has 176 valence electrons. The van der Waals surface area contributed by atoms with Crippen molar-refractivity contribution >= 4 is 23.3 Å². The number of alkyl halides is 3. The first-order valence-corrected chi connectivity index (χ1v) is 10.5. The second-order valence-corrected chi connectivity index (χ2v) is 8.19. The van der Waals surface area contributed by atoms with Crippen LogP contribution >= 0.6 is 11.6 Å². The number of rotatable bonds is 5. The van der Waals surface area contributed by atoms with Crippen LogP contribution in [-0.2, 0) is 13.6 Å². The minimum absolute atomic E-state index is 0.0474. The smallest absolute Gasteiger partial charge is 0.410 e. The number of carbonyl (C=O) groups excluding carboxylic acids is 1. The lowest BCUT2D eigenvalue weighted by Gasteiger charge is -2.33. The fourth-order valence-electron chi connectivity index (χ4n) is 3.87. The summed E-state index contributed by atoms with van der Waals surface area (Å²) < 4.78 is 49.3. The van der Waals surface area contributed by atoms with Gasteiger partial charge in [0.15, 0.2) is 11.7 Å². The van der Waals surface area contributed by atoms with Gasteiger partial charge in [-0.1, -0.05) is 23.7 Å². The zero-order chi connectivity index (χ0) is 23.9. The van der Waals surface area contributed by atoms with Crippen LogP contribution in [-0.4, -0.2) is 38.8 Å². The topological polar surface area (TPSA) is 86.0 Å². The van der Waals surface area contributed by atoms with E-state index in [1.807, 2.05) is 0 Å². The van der Waals surface area contributed by atoms with Crippen molar-refractivity contribution in [2.24, 2.45) is 7.05 Å². The highest BCUT2D eigenvalue weighted by Gasteiger charge is 2.47. The number of carbonyl (C=O) groups is 1. The molecule has 0 fully saturated rings. The first kappa shape index (κ1) is 23.0. The van der Waals surface area contributed by atoms with Crippen LogP contribution in [0.4, 0.5) is 19.0 Å². The average Bonchev–Trinajstić information content (AvgIpc) is 3.28. The van der Waals surface area contributed by atoms with Crippen LogP contribution in [0.15, 0.2) is 30.5 Å². The average molecular weight is 483 g/mol. The zero-order valence-electron chi connectivity index (χ0n) is 18.1. The normalized spacial score (nSPS) is 17.9. The van der Waals surface area contributed by atoms with E-state index in [4.69, 9.17) is 16.3 Å². The van der Waals surface area contributed by atoms with Gasteiger partial charge in [-0.3, -0.25) is 9.48 Å². The molecule has 0 radical (unpaired) electrons. The van der Waals surface area contributed by atoms with Gasteiger partial charge in [-0.25, -0.2) is 4.68 Å². The number of methoxy groups -OCH3 is 1. The summed E-state index contributed by atoms with van der Waals surface area (Å²) in [5.41, 5.74) is 1.86. The maximum Gasteiger partial charge on any atom is 0.410 e. The molecular weight excluding hydrogens is 461 g/mol. The molecule has 0 saturated heterocycles. The van der Waals surface area contributed by atoms with Gasteiger partial charge in [0.25, 0.3) is 5.91 Å². The lowest BCUT2D eigenvalue weighted by Crippen LogP contribution is -2.35. The Balaban J connectivity index is 1.62. The molecule has 1 aromatic carbocycles. The minimum atomic E-state index is -4.59. The number of anilines is 1. The Morgan fingerprint density at radius 2 is 2.00 bits per heavy atom. The van der Waals surface area contributed by atoms with Crippen LogP contribution in [0.3, 0.4) is 0 Å². The molecule has 33 heavy (non-hydrogen) atoms. The molecule has 0 saturated carbocycles. The maximum absolute atomic E-state index is 13.9. The van der Waals surface area contributed by atoms with Crippen molar-refractivity contribution in [1.29, 1.82) is 0 Å². The number of halogens is 4. The molecule has 2 N–H and O–H groups in total. The Morgan fingerprint density at radius 3 is 2.58 bits per heavy atom. The van der Waals surface area contributed by atoms with Crippen molar-refractivity contribution in [2.75, 3.05) is 12.4 Å². The van der Waals surface area contributed by atoms with Crippen LogP contribution in [0.2, 0.25) is 5.02 Å². The number of aryl methyl sites for hydroxylation is 2. The number of amides is 1. The summed E-state index contributed by atoms with van der Waals surface area (Å²) in [6.07, 6.45) is -3.15. The van der Waals surface area contributed by atoms with Gasteiger partial charge in [-0.2, -0.15) is 23.4 Å². The van der Waals surface area contributed by atoms with Gasteiger partial charge in [0.2, 0.25) is 0 Å². The fourth-order valence-corrected chi connectivity index (χ4v) is 4.14. The van der Waals surface area contributed by atoms with Crippen LogP contribution in [0.25, 0.3) is 0 Å². The number of aromatic nitrogens is 4. The van der Waals surface area contributed by atoms with Gasteiger partial charge < -0.3 is 15.4 Å². The summed E-state index contributed by atoms with van der Waals surface area (Å²) in [4.78, 5) is 12.7. The SMILES string of the molecule is COc1ccc([C@@H]2C[C@H](C(F)(F)F)n3nc(C(=O)NCc4cn(C)nc4C)c(Cl)c3N2)cc1. The number of hydrogen-bond donors (Lipinski definition) is 2. The van der Waals surface area contributed by atoms with Gasteiger partial charge >= 0.3 is 6.18 Å². The molecular formula is C21H22ClF3N6O2. The van der Waals surface area contributed by atoms with Crippen molar-refractivity contribution in [1.82, 2.24) is 24.9 Å². The van der Waals surface area contributed by atoms with Crippen molar-refractivity contribution in [3.8, 4) is 5.75 Å². The van der Waals surface area contributed by atoms with Gasteiger partial charge in [-0.05, 0) is 24.6 Å². The van der Waals surface area contributed by atoms with Crippen molar-refractivity contribution in [3.63, 3.8) is 0 Å². The Labute approximate surface area is 192 Å². The van der Waals surface area contributed by atoms with Crippen LogP contribution in [0.5, 0.6) is 5.75 Å². The lowest BCUT2D eigenvalue weighted by molar-refractivity contribution is -0.173. The predicted molar refractivity (Wildman–Crippen MR) is 115 cm³/mol. The highest BCUT2D eigenvalue weighted by Crippen LogP contribution is 2.46. The molecule has 1 aliphatic rings. The molecule has 8 nitrogen and oxygen atoms in total. The van der Waals surface area contributed by atoms with Crippen LogP contribution < -0.4 is 15.4 Å². The first-order chi connectivity index (χ1) is 15.6. The molecule has 0 bridgehead atoms. The number of benzene rings is 1. The molecule has 12 heteroatoms. The third-order valence-electron chi connectivity index (χ3n) is 5.58. The van der Waals surface area contributed by atoms with Gasteiger partial charge in [0.05, 0.1) is 18.8 Å². The lowest BCUT2D eigenvalue weighted by atomic mass is 9.97. The molecule has 1 aliphatic heterocycles. The largest absolute Gasteiger partial charge is 0.497 e. The quantitative estimate of drug-likeness (QED) is 0.570. The number of nitrogens with zero attached hydrogens (tertiary/aromatic N) is 4. The van der Waals surface area contributed by atoms with Crippen molar-refractivity contribution in [3.05, 3.63) is 58.0 Å². The monoisotopic (exact) mass is 482 g/mol. The second-order valence-electron chi connectivity index (χ2n) is 7.82. The van der Waals surface area contributed by atoms with Crippen LogP contribution in [0, 0.1) is 6.92 Å². The molecule has 0 spiro atoms. The maximum atomic E-state index is 13.9. The summed E-state index contributed by atoms with van der Waals surface area (Å²) >= 11 is 6.36. The van der Waals surface area contributed by atoms with E-state index in [1.165, 1.54) is 7.11 Å². The standard InChI is InChI=1S/C21H22ClF3N6O2/c1-11-13(10-30(2)28-11)9-26-20(32)18-17(22)19-27-15(12-4-6-14(33-3)7-5-12)8-16(21(23,24)25)31(19)29-18/h4-7,10,15-16,27H,8-9H2,1-3H3,(H,26,32)/t15-,16+/m0/s1. The molecule has 0 aliphatic carbocycles. The third kappa shape index (κ3) is 4.50. The van der Waals surface area contributed by atoms with E-state index in [1.54, 1.807) is 49.1 Å². The first-order valence-electron chi connectivity index (χ1n) is 10.1. The van der Waals surface area contributed by atoms with Gasteiger partial charge in [-0.15, -0.1) is 0 Å². The Kier molecular flexibility index (Phi) is 6.00. The molecule has 3 aromatic rings. The number of fused-ring (bicyclic) bond motifs is 1. The number of hydrogen-bond acceptors (Lipinski definition) is 5. The molecule has 0 unspecified atom stereocenters. The summed E-state index contributed by atoms with van der Waals surface area (Å²) in [6.45, 7) is 1.93. The van der Waals surface area contributed by atoms with E-state index in [0.717, 1.165) is 15.9 Å². The number of nitrogens with one attached hydrogen (secondary N) is 2. The molecule has 2 atom stereocenters. The minimum Gasteiger partial charge on any atom is -0.497 e. The van der Waals surface area contributed by atoms with E-state index in [2.05, 4.69) is 20.8 Å². The number of ether oxygens (including phenoxy) is 1. The van der Waals surface area contributed by atoms with E-state index < -0.39 is 24.2 Å². The van der Waals surface area contributed by atoms with E-state index in [-0.39, 0.29) is 29.5 Å². The molecule has 4 rings (SSSR count).